The molecule has 1 saturated heterocycles. The van der Waals surface area contributed by atoms with Crippen LogP contribution in [-0.4, -0.2) is 41.2 Å². The standard InChI is InChI=1S/C20H21N3O3S/c1-4-23-19(24)17(27-20(23)22-18-8-6-7-11-21-18)13-14-9-10-15(26-5-2)16(12-14)25-3/h6-13H,4-5H2,1-3H3/b17-13-,22-20+. The summed E-state index contributed by atoms with van der Waals surface area (Å²) in [5.41, 5.74) is 0.862. The number of amidine groups is 1. The summed E-state index contributed by atoms with van der Waals surface area (Å²) in [5, 5.41) is 0.630. The Labute approximate surface area is 162 Å². The highest BCUT2D eigenvalue weighted by Crippen LogP contribution is 2.35. The monoisotopic (exact) mass is 383 g/mol. The largest absolute Gasteiger partial charge is 0.493 e. The summed E-state index contributed by atoms with van der Waals surface area (Å²) in [6, 6.07) is 11.1. The van der Waals surface area contributed by atoms with Crippen LogP contribution in [0.5, 0.6) is 11.5 Å². The normalized spacial score (nSPS) is 17.0. The highest BCUT2D eigenvalue weighted by molar-refractivity contribution is 8.18. The summed E-state index contributed by atoms with van der Waals surface area (Å²) in [5.74, 6) is 1.83. The quantitative estimate of drug-likeness (QED) is 0.703. The number of likely N-dealkylation sites (N-methyl/N-ethyl adjacent to an activating group) is 1. The second kappa shape index (κ2) is 8.73. The first-order valence-corrected chi connectivity index (χ1v) is 9.49. The van der Waals surface area contributed by atoms with Crippen LogP contribution in [0.2, 0.25) is 0 Å². The zero-order valence-electron chi connectivity index (χ0n) is 15.5. The van der Waals surface area contributed by atoms with Gasteiger partial charge in [0.05, 0.1) is 18.6 Å². The van der Waals surface area contributed by atoms with Gasteiger partial charge < -0.3 is 9.47 Å². The van der Waals surface area contributed by atoms with E-state index < -0.39 is 0 Å². The number of methoxy groups -OCH3 is 1. The predicted octanol–water partition coefficient (Wildman–Crippen LogP) is 4.11. The third-order valence-corrected chi connectivity index (χ3v) is 4.86. The lowest BCUT2D eigenvalue weighted by Gasteiger charge is -2.11. The van der Waals surface area contributed by atoms with Gasteiger partial charge in [0, 0.05) is 12.7 Å². The molecule has 6 nitrogen and oxygen atoms in total. The fourth-order valence-corrected chi connectivity index (χ4v) is 3.64. The maximum absolute atomic E-state index is 12.7. The number of nitrogens with zero attached hydrogens (tertiary/aromatic N) is 3. The summed E-state index contributed by atoms with van der Waals surface area (Å²) < 4.78 is 10.9. The number of amides is 1. The second-order valence-electron chi connectivity index (χ2n) is 5.59. The number of pyridine rings is 1. The number of aromatic nitrogens is 1. The Kier molecular flexibility index (Phi) is 6.13. The van der Waals surface area contributed by atoms with Crippen LogP contribution >= 0.6 is 11.8 Å². The summed E-state index contributed by atoms with van der Waals surface area (Å²) in [4.78, 5) is 23.7. The van der Waals surface area contributed by atoms with E-state index in [9.17, 15) is 4.79 Å². The highest BCUT2D eigenvalue weighted by atomic mass is 32.2. The van der Waals surface area contributed by atoms with Crippen molar-refractivity contribution in [2.24, 2.45) is 4.99 Å². The maximum atomic E-state index is 12.7. The molecule has 0 spiro atoms. The molecule has 0 radical (unpaired) electrons. The number of aliphatic imine (C=N–C) groups is 1. The Morgan fingerprint density at radius 1 is 1.22 bits per heavy atom. The van der Waals surface area contributed by atoms with Crippen LogP contribution in [0.15, 0.2) is 52.5 Å². The lowest BCUT2D eigenvalue weighted by Crippen LogP contribution is -2.28. The lowest BCUT2D eigenvalue weighted by molar-refractivity contribution is -0.122. The van der Waals surface area contributed by atoms with Gasteiger partial charge in [-0.2, -0.15) is 0 Å². The first-order valence-electron chi connectivity index (χ1n) is 8.68. The molecule has 2 heterocycles. The van der Waals surface area contributed by atoms with Crippen molar-refractivity contribution in [1.29, 1.82) is 0 Å². The number of carbonyl (C=O) groups is 1. The highest BCUT2D eigenvalue weighted by Gasteiger charge is 2.32. The molecule has 0 atom stereocenters. The van der Waals surface area contributed by atoms with Crippen LogP contribution in [0.4, 0.5) is 5.82 Å². The van der Waals surface area contributed by atoms with E-state index in [4.69, 9.17) is 9.47 Å². The molecular weight excluding hydrogens is 362 g/mol. The van der Waals surface area contributed by atoms with Crippen molar-refractivity contribution >= 4 is 34.7 Å². The Morgan fingerprint density at radius 3 is 2.74 bits per heavy atom. The van der Waals surface area contributed by atoms with Gasteiger partial charge >= 0.3 is 0 Å². The van der Waals surface area contributed by atoms with Crippen molar-refractivity contribution < 1.29 is 14.3 Å². The first-order chi connectivity index (χ1) is 13.2. The molecule has 0 bridgehead atoms. The van der Waals surface area contributed by atoms with Crippen LogP contribution in [0.3, 0.4) is 0 Å². The van der Waals surface area contributed by atoms with E-state index >= 15 is 0 Å². The zero-order valence-corrected chi connectivity index (χ0v) is 16.3. The van der Waals surface area contributed by atoms with E-state index in [0.717, 1.165) is 5.56 Å². The van der Waals surface area contributed by atoms with E-state index in [1.54, 1.807) is 18.2 Å². The second-order valence-corrected chi connectivity index (χ2v) is 6.59. The fraction of sp³-hybridized carbons (Fsp3) is 0.250. The Hall–Kier alpha value is -2.80. The molecule has 0 N–H and O–H groups in total. The van der Waals surface area contributed by atoms with Crippen molar-refractivity contribution in [3.63, 3.8) is 0 Å². The molecule has 7 heteroatoms. The molecular formula is C20H21N3O3S. The van der Waals surface area contributed by atoms with E-state index in [-0.39, 0.29) is 5.91 Å². The van der Waals surface area contributed by atoms with Crippen LogP contribution in [-0.2, 0) is 4.79 Å². The number of benzene rings is 1. The number of carbonyl (C=O) groups excluding carboxylic acids is 1. The molecule has 2 aromatic rings. The minimum absolute atomic E-state index is 0.0648. The molecule has 140 valence electrons. The Bertz CT molecular complexity index is 881. The van der Waals surface area contributed by atoms with E-state index in [2.05, 4.69) is 9.98 Å². The molecule has 0 saturated carbocycles. The van der Waals surface area contributed by atoms with Gasteiger partial charge in [-0.1, -0.05) is 12.1 Å². The molecule has 27 heavy (non-hydrogen) atoms. The smallest absolute Gasteiger partial charge is 0.266 e. The molecule has 0 unspecified atom stereocenters. The molecule has 1 fully saturated rings. The average molecular weight is 383 g/mol. The summed E-state index contributed by atoms with van der Waals surface area (Å²) in [7, 11) is 1.60. The number of rotatable bonds is 6. The number of hydrogen-bond donors (Lipinski definition) is 0. The van der Waals surface area contributed by atoms with Gasteiger partial charge in [-0.3, -0.25) is 9.69 Å². The zero-order chi connectivity index (χ0) is 19.2. The summed E-state index contributed by atoms with van der Waals surface area (Å²) in [6.07, 6.45) is 3.52. The number of hydrogen-bond acceptors (Lipinski definition) is 6. The minimum atomic E-state index is -0.0648. The minimum Gasteiger partial charge on any atom is -0.493 e. The van der Waals surface area contributed by atoms with Crippen molar-refractivity contribution in [3.05, 3.63) is 53.1 Å². The van der Waals surface area contributed by atoms with Crippen molar-refractivity contribution in [1.82, 2.24) is 9.88 Å². The molecule has 3 rings (SSSR count). The number of ether oxygens (including phenoxy) is 2. The van der Waals surface area contributed by atoms with Crippen molar-refractivity contribution in [2.45, 2.75) is 13.8 Å². The fourth-order valence-electron chi connectivity index (χ4n) is 2.59. The van der Waals surface area contributed by atoms with Gasteiger partial charge in [-0.25, -0.2) is 9.98 Å². The van der Waals surface area contributed by atoms with E-state index in [1.807, 2.05) is 56.3 Å². The topological polar surface area (TPSA) is 64.0 Å². The van der Waals surface area contributed by atoms with Gasteiger partial charge in [-0.05, 0) is 61.5 Å². The lowest BCUT2D eigenvalue weighted by atomic mass is 10.2. The van der Waals surface area contributed by atoms with Gasteiger partial charge in [0.1, 0.15) is 0 Å². The van der Waals surface area contributed by atoms with Crippen LogP contribution < -0.4 is 9.47 Å². The van der Waals surface area contributed by atoms with Crippen LogP contribution in [0, 0.1) is 0 Å². The third kappa shape index (κ3) is 4.31. The van der Waals surface area contributed by atoms with Gasteiger partial charge in [0.25, 0.3) is 5.91 Å². The van der Waals surface area contributed by atoms with Crippen LogP contribution in [0.1, 0.15) is 19.4 Å². The Morgan fingerprint density at radius 2 is 2.07 bits per heavy atom. The van der Waals surface area contributed by atoms with Gasteiger partial charge in [0.15, 0.2) is 22.5 Å². The van der Waals surface area contributed by atoms with E-state index in [0.29, 0.717) is 40.5 Å². The summed E-state index contributed by atoms with van der Waals surface area (Å²) in [6.45, 7) is 4.95. The molecule has 1 amide bonds. The predicted molar refractivity (Wildman–Crippen MR) is 108 cm³/mol. The maximum Gasteiger partial charge on any atom is 0.266 e. The molecule has 1 aliphatic rings. The Balaban J connectivity index is 1.90. The average Bonchev–Trinajstić information content (AvgIpc) is 2.98. The molecule has 1 aliphatic heterocycles. The van der Waals surface area contributed by atoms with Crippen LogP contribution in [0.25, 0.3) is 6.08 Å². The first kappa shape index (κ1) is 19.0. The number of thioether (sulfide) groups is 1. The SMILES string of the molecule is CCOc1ccc(/C=C2\S/C(=N/c3ccccn3)N(CC)C2=O)cc1OC. The summed E-state index contributed by atoms with van der Waals surface area (Å²) >= 11 is 1.34. The van der Waals surface area contributed by atoms with Crippen molar-refractivity contribution in [3.8, 4) is 11.5 Å². The van der Waals surface area contributed by atoms with Gasteiger partial charge in [0.2, 0.25) is 0 Å². The van der Waals surface area contributed by atoms with Crippen molar-refractivity contribution in [2.75, 3.05) is 20.3 Å². The van der Waals surface area contributed by atoms with Gasteiger partial charge in [-0.15, -0.1) is 0 Å². The molecule has 0 aliphatic carbocycles. The van der Waals surface area contributed by atoms with E-state index in [1.165, 1.54) is 11.8 Å². The molecule has 1 aromatic carbocycles. The molecule has 1 aromatic heterocycles. The third-order valence-electron chi connectivity index (χ3n) is 3.85.